The number of rotatable bonds is 8. The lowest BCUT2D eigenvalue weighted by Crippen LogP contribution is -2.33. The van der Waals surface area contributed by atoms with E-state index in [4.69, 9.17) is 9.84 Å². The number of alkyl halides is 6. The fourth-order valence-corrected chi connectivity index (χ4v) is 3.28. The van der Waals surface area contributed by atoms with Crippen LogP contribution in [0.15, 0.2) is 28.0 Å². The summed E-state index contributed by atoms with van der Waals surface area (Å²) in [6.45, 7) is 1.35. The molecule has 2 N–H and O–H groups in total. The molecule has 0 atom stereocenters. The highest BCUT2D eigenvalue weighted by Crippen LogP contribution is 2.39. The van der Waals surface area contributed by atoms with Crippen LogP contribution in [-0.2, 0) is 19.1 Å². The summed E-state index contributed by atoms with van der Waals surface area (Å²) in [5, 5.41) is 18.4. The van der Waals surface area contributed by atoms with Crippen LogP contribution in [0.2, 0.25) is 0 Å². The number of benzene rings is 1. The summed E-state index contributed by atoms with van der Waals surface area (Å²) in [6, 6.07) is 3.11. The number of hydrogen-bond acceptors (Lipinski definition) is 7. The van der Waals surface area contributed by atoms with Crippen LogP contribution in [0.3, 0.4) is 0 Å². The van der Waals surface area contributed by atoms with Gasteiger partial charge in [-0.15, -0.1) is 0 Å². The predicted molar refractivity (Wildman–Crippen MR) is 114 cm³/mol. The first-order valence-electron chi connectivity index (χ1n) is 10.3. The lowest BCUT2D eigenvalue weighted by Gasteiger charge is -2.20. The molecule has 0 aliphatic heterocycles. The van der Waals surface area contributed by atoms with Crippen LogP contribution in [0.5, 0.6) is 11.5 Å². The highest BCUT2D eigenvalue weighted by molar-refractivity contribution is 5.51. The molecule has 0 unspecified atom stereocenters. The second-order valence-corrected chi connectivity index (χ2v) is 7.72. The fraction of sp³-hybridized carbons (Fsp3) is 0.318. The van der Waals surface area contributed by atoms with Gasteiger partial charge in [0.2, 0.25) is 5.75 Å². The van der Waals surface area contributed by atoms with Crippen molar-refractivity contribution in [2.24, 2.45) is 0 Å². The Morgan fingerprint density at radius 1 is 1.22 bits per heavy atom. The molecule has 0 saturated carbocycles. The molecule has 9 nitrogen and oxygen atoms in total. The maximum atomic E-state index is 14.3. The summed E-state index contributed by atoms with van der Waals surface area (Å²) in [6.07, 6.45) is -6.95. The van der Waals surface area contributed by atoms with Gasteiger partial charge in [-0.2, -0.15) is 14.0 Å². The minimum Gasteiger partial charge on any atom is -0.449 e. The van der Waals surface area contributed by atoms with E-state index >= 15 is 0 Å². The molecular weight excluding hydrogens is 512 g/mol. The number of aliphatic hydroxyl groups excluding tert-OH is 1. The van der Waals surface area contributed by atoms with Crippen molar-refractivity contribution in [2.45, 2.75) is 45.8 Å². The second-order valence-electron chi connectivity index (χ2n) is 7.72. The molecule has 0 saturated heterocycles. The Labute approximate surface area is 203 Å². The molecule has 0 aliphatic carbocycles. The molecule has 15 heteroatoms. The number of ether oxygens (including phenoxy) is 1. The van der Waals surface area contributed by atoms with Gasteiger partial charge in [0.05, 0.1) is 30.1 Å². The number of hydrogen-bond donors (Lipinski definition) is 2. The van der Waals surface area contributed by atoms with Crippen molar-refractivity contribution in [2.75, 3.05) is 0 Å². The molecule has 1 aromatic carbocycles. The van der Waals surface area contributed by atoms with E-state index in [1.807, 2.05) is 0 Å². The van der Waals surface area contributed by atoms with Gasteiger partial charge in [0.25, 0.3) is 17.5 Å². The van der Waals surface area contributed by atoms with Crippen LogP contribution in [0.25, 0.3) is 0 Å². The average molecular weight is 529 g/mol. The van der Waals surface area contributed by atoms with Crippen molar-refractivity contribution in [3.05, 3.63) is 78.6 Å². The molecule has 3 rings (SSSR count). The smallest absolute Gasteiger partial charge is 0.352 e. The lowest BCUT2D eigenvalue weighted by molar-refractivity contribution is -0.139. The van der Waals surface area contributed by atoms with Gasteiger partial charge in [0.1, 0.15) is 18.2 Å². The third-order valence-electron chi connectivity index (χ3n) is 5.30. The highest BCUT2D eigenvalue weighted by Gasteiger charge is 2.48. The van der Waals surface area contributed by atoms with E-state index in [0.717, 1.165) is 6.07 Å². The van der Waals surface area contributed by atoms with Crippen molar-refractivity contribution in [1.82, 2.24) is 19.5 Å². The summed E-state index contributed by atoms with van der Waals surface area (Å²) in [5.41, 5.74) is -5.32. The minimum atomic E-state index is -4.99. The van der Waals surface area contributed by atoms with Gasteiger partial charge in [-0.3, -0.25) is 14.2 Å². The fourth-order valence-electron chi connectivity index (χ4n) is 3.28. The summed E-state index contributed by atoms with van der Waals surface area (Å²) in [7, 11) is 0. The Morgan fingerprint density at radius 3 is 2.43 bits per heavy atom. The number of aromatic amines is 1. The Morgan fingerprint density at radius 2 is 1.89 bits per heavy atom. The quantitative estimate of drug-likeness (QED) is 0.427. The monoisotopic (exact) mass is 529 g/mol. The maximum absolute atomic E-state index is 14.3. The number of nitrogens with zero attached hydrogens (tertiary/aromatic N) is 4. The number of aryl methyl sites for hydroxylation is 1. The second kappa shape index (κ2) is 10.4. The van der Waals surface area contributed by atoms with E-state index in [-0.39, 0.29) is 28.2 Å². The predicted octanol–water partition coefficient (Wildman–Crippen LogP) is 3.44. The van der Waals surface area contributed by atoms with Gasteiger partial charge in [-0.1, -0.05) is 0 Å². The minimum absolute atomic E-state index is 0.0586. The van der Waals surface area contributed by atoms with Crippen molar-refractivity contribution < 1.29 is 36.2 Å². The Hall–Kier alpha value is -4.19. The van der Waals surface area contributed by atoms with E-state index < -0.39 is 65.8 Å². The number of aliphatic hydroxyl groups is 1. The van der Waals surface area contributed by atoms with Crippen LogP contribution in [0.1, 0.15) is 45.9 Å². The zero-order chi connectivity index (χ0) is 27.7. The topological polar surface area (TPSA) is 134 Å². The van der Waals surface area contributed by atoms with Gasteiger partial charge in [-0.05, 0) is 26.0 Å². The average Bonchev–Trinajstić information content (AvgIpc) is 2.83. The molecular formula is C22H17F6N5O4. The van der Waals surface area contributed by atoms with Crippen LogP contribution in [-0.4, -0.2) is 31.1 Å². The van der Waals surface area contributed by atoms with Gasteiger partial charge < -0.3 is 14.8 Å². The third kappa shape index (κ3) is 5.33. The lowest BCUT2D eigenvalue weighted by atomic mass is 10.0. The van der Waals surface area contributed by atoms with Gasteiger partial charge in [0, 0.05) is 16.8 Å². The summed E-state index contributed by atoms with van der Waals surface area (Å²) in [4.78, 5) is 34.9. The summed E-state index contributed by atoms with van der Waals surface area (Å²) < 4.78 is 87.4. The largest absolute Gasteiger partial charge is 0.449 e. The standard InChI is InChI=1S/C22H17F6N5O4/c1-9-12(5-29)3-11(18(23)24)4-14(9)37-16-17(22(27,28)21(25)26)30-8-33(20(16)36)6-13-10(2)31-15(7-34)32-19(13)35/h3-4,8,18,21,34H,6-7H2,1-2H3,(H,31,32,35). The molecule has 0 spiro atoms. The SMILES string of the molecule is Cc1nc(CO)[nH]c(=O)c1Cn1cnc(C(F)(F)C(F)F)c(Oc2cc(C(F)F)cc(C#N)c2C)c1=O. The molecule has 3 aromatic rings. The van der Waals surface area contributed by atoms with Gasteiger partial charge in [0.15, 0.2) is 5.69 Å². The van der Waals surface area contributed by atoms with Crippen molar-refractivity contribution in [3.8, 4) is 17.6 Å². The number of halogens is 6. The van der Waals surface area contributed by atoms with Crippen LogP contribution >= 0.6 is 0 Å². The number of nitrogens with one attached hydrogen (secondary N) is 1. The van der Waals surface area contributed by atoms with E-state index in [1.165, 1.54) is 13.8 Å². The van der Waals surface area contributed by atoms with Crippen molar-refractivity contribution in [3.63, 3.8) is 0 Å². The summed E-state index contributed by atoms with van der Waals surface area (Å²) >= 11 is 0. The van der Waals surface area contributed by atoms with Gasteiger partial charge in [-0.25, -0.2) is 27.5 Å². The van der Waals surface area contributed by atoms with Crippen molar-refractivity contribution >= 4 is 0 Å². The first-order valence-corrected chi connectivity index (χ1v) is 10.3. The molecule has 0 aliphatic rings. The molecule has 2 aromatic heterocycles. The van der Waals surface area contributed by atoms with E-state index in [2.05, 4.69) is 15.0 Å². The first kappa shape index (κ1) is 27.4. The molecule has 0 fully saturated rings. The summed E-state index contributed by atoms with van der Waals surface area (Å²) in [5.74, 6) is -7.13. The van der Waals surface area contributed by atoms with E-state index in [9.17, 15) is 41.2 Å². The van der Waals surface area contributed by atoms with Crippen LogP contribution < -0.4 is 15.9 Å². The Balaban J connectivity index is 2.24. The molecule has 0 amide bonds. The van der Waals surface area contributed by atoms with Crippen LogP contribution in [0.4, 0.5) is 26.3 Å². The molecule has 37 heavy (non-hydrogen) atoms. The molecule has 0 bridgehead atoms. The molecule has 196 valence electrons. The zero-order valence-corrected chi connectivity index (χ0v) is 19.0. The zero-order valence-electron chi connectivity index (χ0n) is 19.0. The molecule has 2 heterocycles. The third-order valence-corrected chi connectivity index (χ3v) is 5.30. The van der Waals surface area contributed by atoms with Crippen LogP contribution in [0, 0.1) is 25.2 Å². The van der Waals surface area contributed by atoms with E-state index in [1.54, 1.807) is 6.07 Å². The van der Waals surface area contributed by atoms with Crippen molar-refractivity contribution in [1.29, 1.82) is 5.26 Å². The maximum Gasteiger partial charge on any atom is 0.352 e. The first-order chi connectivity index (χ1) is 17.3. The Bertz CT molecular complexity index is 1500. The normalized spacial score (nSPS) is 11.7. The van der Waals surface area contributed by atoms with Gasteiger partial charge >= 0.3 is 12.3 Å². The Kier molecular flexibility index (Phi) is 7.72. The highest BCUT2D eigenvalue weighted by atomic mass is 19.3. The number of aromatic nitrogens is 4. The number of H-pyrrole nitrogens is 1. The molecule has 0 radical (unpaired) electrons. The van der Waals surface area contributed by atoms with E-state index in [0.29, 0.717) is 17.0 Å². The number of nitriles is 1.